The molecule has 0 spiro atoms. The van der Waals surface area contributed by atoms with Gasteiger partial charge in [-0.25, -0.2) is 4.39 Å². The minimum Gasteiger partial charge on any atom is -0.396 e. The topological polar surface area (TPSA) is 43.8 Å². The lowest BCUT2D eigenvalue weighted by Gasteiger charge is -2.06. The van der Waals surface area contributed by atoms with Crippen molar-refractivity contribution >= 4 is 5.69 Å². The molecule has 0 unspecified atom stereocenters. The molecule has 3 nitrogen and oxygen atoms in total. The summed E-state index contributed by atoms with van der Waals surface area (Å²) < 4.78 is 15.4. The molecule has 0 bridgehead atoms. The second-order valence-corrected chi connectivity index (χ2v) is 5.03. The first-order valence-corrected chi connectivity index (χ1v) is 6.06. The van der Waals surface area contributed by atoms with Gasteiger partial charge in [0.2, 0.25) is 0 Å². The van der Waals surface area contributed by atoms with Crippen LogP contribution < -0.4 is 5.73 Å². The Morgan fingerprint density at radius 1 is 1.39 bits per heavy atom. The average molecular weight is 247 g/mol. The molecule has 18 heavy (non-hydrogen) atoms. The largest absolute Gasteiger partial charge is 0.396 e. The molecule has 0 aliphatic rings. The van der Waals surface area contributed by atoms with E-state index < -0.39 is 0 Å². The van der Waals surface area contributed by atoms with Crippen LogP contribution in [0, 0.1) is 18.7 Å². The highest BCUT2D eigenvalue weighted by molar-refractivity contribution is 5.68. The molecule has 0 radical (unpaired) electrons. The van der Waals surface area contributed by atoms with Gasteiger partial charge in [-0.05, 0) is 36.1 Å². The van der Waals surface area contributed by atoms with Crippen LogP contribution in [0.15, 0.2) is 24.5 Å². The summed E-state index contributed by atoms with van der Waals surface area (Å²) in [5.41, 5.74) is 8.45. The normalized spacial score (nSPS) is 11.2. The van der Waals surface area contributed by atoms with Gasteiger partial charge in [0.15, 0.2) is 0 Å². The molecule has 0 amide bonds. The Balaban J connectivity index is 2.37. The van der Waals surface area contributed by atoms with Crippen LogP contribution in [0.1, 0.15) is 19.4 Å². The molecule has 0 aliphatic carbocycles. The number of aryl methyl sites for hydroxylation is 1. The minimum atomic E-state index is -0.382. The summed E-state index contributed by atoms with van der Waals surface area (Å²) in [7, 11) is 0. The number of rotatable bonds is 3. The first kappa shape index (κ1) is 12.6. The Morgan fingerprint density at radius 2 is 2.11 bits per heavy atom. The lowest BCUT2D eigenvalue weighted by Crippen LogP contribution is -2.04. The predicted octanol–water partition coefficient (Wildman–Crippen LogP) is 3.24. The Bertz CT molecular complexity index is 558. The molecule has 2 rings (SSSR count). The van der Waals surface area contributed by atoms with E-state index in [2.05, 4.69) is 18.9 Å². The number of hydrogen-bond donors (Lipinski definition) is 1. The van der Waals surface area contributed by atoms with E-state index in [1.54, 1.807) is 12.3 Å². The molecule has 2 aromatic rings. The molecule has 2 N–H and O–H groups in total. The van der Waals surface area contributed by atoms with E-state index in [0.717, 1.165) is 23.2 Å². The standard InChI is InChI=1S/C14H18FN3/c1-9(2)7-18-8-11(6-17-18)12-5-13(15)14(16)4-10(12)3/h4-6,8-9H,7,16H2,1-3H3. The smallest absolute Gasteiger partial charge is 0.146 e. The van der Waals surface area contributed by atoms with Crippen LogP contribution in [-0.4, -0.2) is 9.78 Å². The number of hydrogen-bond acceptors (Lipinski definition) is 2. The van der Waals surface area contributed by atoms with Gasteiger partial charge in [0.05, 0.1) is 11.9 Å². The van der Waals surface area contributed by atoms with E-state index in [9.17, 15) is 4.39 Å². The summed E-state index contributed by atoms with van der Waals surface area (Å²) in [5, 5.41) is 4.29. The van der Waals surface area contributed by atoms with Crippen LogP contribution in [0.3, 0.4) is 0 Å². The van der Waals surface area contributed by atoms with Crippen LogP contribution in [0.5, 0.6) is 0 Å². The van der Waals surface area contributed by atoms with Gasteiger partial charge >= 0.3 is 0 Å². The average Bonchev–Trinajstić information content (AvgIpc) is 2.70. The van der Waals surface area contributed by atoms with Crippen LogP contribution in [0.2, 0.25) is 0 Å². The summed E-state index contributed by atoms with van der Waals surface area (Å²) in [6.45, 7) is 7.05. The van der Waals surface area contributed by atoms with Crippen molar-refractivity contribution in [1.82, 2.24) is 9.78 Å². The fourth-order valence-electron chi connectivity index (χ4n) is 1.99. The quantitative estimate of drug-likeness (QED) is 0.846. The van der Waals surface area contributed by atoms with Gasteiger partial charge in [0.1, 0.15) is 5.82 Å². The van der Waals surface area contributed by atoms with Gasteiger partial charge in [0.25, 0.3) is 0 Å². The molecule has 0 saturated carbocycles. The van der Waals surface area contributed by atoms with E-state index in [0.29, 0.717) is 5.92 Å². The molecule has 1 heterocycles. The second kappa shape index (κ2) is 4.80. The van der Waals surface area contributed by atoms with E-state index in [1.165, 1.54) is 6.07 Å². The van der Waals surface area contributed by atoms with Gasteiger partial charge in [0, 0.05) is 18.3 Å². The highest BCUT2D eigenvalue weighted by atomic mass is 19.1. The summed E-state index contributed by atoms with van der Waals surface area (Å²) in [5.74, 6) is 0.147. The zero-order valence-electron chi connectivity index (χ0n) is 10.9. The zero-order chi connectivity index (χ0) is 13.3. The molecule has 1 aromatic carbocycles. The first-order chi connectivity index (χ1) is 8.47. The lowest BCUT2D eigenvalue weighted by atomic mass is 10.0. The SMILES string of the molecule is Cc1cc(N)c(F)cc1-c1cnn(CC(C)C)c1. The van der Waals surface area contributed by atoms with Crippen LogP contribution in [-0.2, 0) is 6.54 Å². The minimum absolute atomic E-state index is 0.186. The van der Waals surface area contributed by atoms with Gasteiger partial charge in [-0.1, -0.05) is 13.8 Å². The number of nitrogens with two attached hydrogens (primary N) is 1. The number of halogens is 1. The van der Waals surface area contributed by atoms with Crippen molar-refractivity contribution in [3.05, 3.63) is 35.9 Å². The summed E-state index contributed by atoms with van der Waals surface area (Å²) >= 11 is 0. The maximum absolute atomic E-state index is 13.5. The van der Waals surface area contributed by atoms with Crippen molar-refractivity contribution in [2.75, 3.05) is 5.73 Å². The molecule has 96 valence electrons. The van der Waals surface area contributed by atoms with Gasteiger partial charge < -0.3 is 5.73 Å². The third kappa shape index (κ3) is 2.53. The number of aromatic nitrogens is 2. The summed E-state index contributed by atoms with van der Waals surface area (Å²) in [6, 6.07) is 3.13. The third-order valence-electron chi connectivity index (χ3n) is 2.84. The summed E-state index contributed by atoms with van der Waals surface area (Å²) in [4.78, 5) is 0. The number of anilines is 1. The van der Waals surface area contributed by atoms with Gasteiger partial charge in [-0.3, -0.25) is 4.68 Å². The Kier molecular flexibility index (Phi) is 3.36. The number of nitrogen functional groups attached to an aromatic ring is 1. The highest BCUT2D eigenvalue weighted by Crippen LogP contribution is 2.26. The Labute approximate surface area is 106 Å². The second-order valence-electron chi connectivity index (χ2n) is 5.03. The van der Waals surface area contributed by atoms with Crippen molar-refractivity contribution in [2.45, 2.75) is 27.3 Å². The van der Waals surface area contributed by atoms with Crippen molar-refractivity contribution in [3.8, 4) is 11.1 Å². The van der Waals surface area contributed by atoms with Crippen molar-refractivity contribution in [1.29, 1.82) is 0 Å². The molecule has 4 heteroatoms. The number of benzene rings is 1. The fourth-order valence-corrected chi connectivity index (χ4v) is 1.99. The van der Waals surface area contributed by atoms with Crippen molar-refractivity contribution in [2.24, 2.45) is 5.92 Å². The van der Waals surface area contributed by atoms with E-state index in [1.807, 2.05) is 17.8 Å². The molecular formula is C14H18FN3. The molecule has 0 atom stereocenters. The zero-order valence-corrected chi connectivity index (χ0v) is 10.9. The third-order valence-corrected chi connectivity index (χ3v) is 2.84. The fraction of sp³-hybridized carbons (Fsp3) is 0.357. The monoisotopic (exact) mass is 247 g/mol. The van der Waals surface area contributed by atoms with Gasteiger partial charge in [-0.15, -0.1) is 0 Å². The molecular weight excluding hydrogens is 229 g/mol. The van der Waals surface area contributed by atoms with Crippen molar-refractivity contribution in [3.63, 3.8) is 0 Å². The molecule has 1 aromatic heterocycles. The molecule has 0 saturated heterocycles. The highest BCUT2D eigenvalue weighted by Gasteiger charge is 2.09. The van der Waals surface area contributed by atoms with Crippen LogP contribution in [0.4, 0.5) is 10.1 Å². The molecule has 0 fully saturated rings. The lowest BCUT2D eigenvalue weighted by molar-refractivity contribution is 0.483. The maximum Gasteiger partial charge on any atom is 0.146 e. The van der Waals surface area contributed by atoms with Crippen molar-refractivity contribution < 1.29 is 4.39 Å². The Morgan fingerprint density at radius 3 is 2.78 bits per heavy atom. The summed E-state index contributed by atoms with van der Waals surface area (Å²) in [6.07, 6.45) is 3.71. The van der Waals surface area contributed by atoms with E-state index in [4.69, 9.17) is 5.73 Å². The molecule has 0 aliphatic heterocycles. The van der Waals surface area contributed by atoms with Crippen LogP contribution >= 0.6 is 0 Å². The Hall–Kier alpha value is -1.84. The maximum atomic E-state index is 13.5. The number of nitrogens with zero attached hydrogens (tertiary/aromatic N) is 2. The van der Waals surface area contributed by atoms with E-state index in [-0.39, 0.29) is 11.5 Å². The van der Waals surface area contributed by atoms with E-state index >= 15 is 0 Å². The van der Waals surface area contributed by atoms with Gasteiger partial charge in [-0.2, -0.15) is 5.10 Å². The predicted molar refractivity (Wildman–Crippen MR) is 71.6 cm³/mol. The van der Waals surface area contributed by atoms with Crippen LogP contribution in [0.25, 0.3) is 11.1 Å². The first-order valence-electron chi connectivity index (χ1n) is 6.06.